The summed E-state index contributed by atoms with van der Waals surface area (Å²) in [5, 5.41) is 1.01. The van der Waals surface area contributed by atoms with Gasteiger partial charge in [0.15, 0.2) is 15.0 Å². The van der Waals surface area contributed by atoms with Crippen molar-refractivity contribution in [2.45, 2.75) is 44.4 Å². The van der Waals surface area contributed by atoms with E-state index in [1.165, 1.54) is 10.3 Å². The number of anilines is 1. The first-order valence-electron chi connectivity index (χ1n) is 11.5. The van der Waals surface area contributed by atoms with Crippen LogP contribution < -0.4 is 4.90 Å². The van der Waals surface area contributed by atoms with Crippen molar-refractivity contribution in [1.29, 1.82) is 0 Å². The Morgan fingerprint density at radius 3 is 2.42 bits per heavy atom. The Morgan fingerprint density at radius 2 is 1.76 bits per heavy atom. The van der Waals surface area contributed by atoms with Crippen molar-refractivity contribution >= 4 is 42.4 Å². The number of hydrogen-bond acceptors (Lipinski definition) is 6. The summed E-state index contributed by atoms with van der Waals surface area (Å²) in [6.45, 7) is 9.05. The van der Waals surface area contributed by atoms with E-state index in [9.17, 15) is 13.2 Å². The Labute approximate surface area is 200 Å². The number of fused-ring (bicyclic) bond motifs is 1. The van der Waals surface area contributed by atoms with Crippen LogP contribution in [0.1, 0.15) is 43.7 Å². The lowest BCUT2D eigenvalue weighted by atomic mass is 10.0. The van der Waals surface area contributed by atoms with Gasteiger partial charge in [0.25, 0.3) is 0 Å². The number of nitrogens with zero attached hydrogens (tertiary/aromatic N) is 3. The molecule has 6 nitrogen and oxygen atoms in total. The van der Waals surface area contributed by atoms with Crippen LogP contribution in [0.5, 0.6) is 0 Å². The number of piperazine rings is 1. The molecule has 1 saturated heterocycles. The van der Waals surface area contributed by atoms with Crippen LogP contribution in [-0.4, -0.2) is 56.1 Å². The van der Waals surface area contributed by atoms with Crippen LogP contribution in [0.2, 0.25) is 0 Å². The Morgan fingerprint density at radius 1 is 1.06 bits per heavy atom. The Hall–Kier alpha value is -2.45. The Bertz CT molecular complexity index is 1230. The van der Waals surface area contributed by atoms with Gasteiger partial charge in [-0.2, -0.15) is 0 Å². The molecule has 0 atom stereocenters. The summed E-state index contributed by atoms with van der Waals surface area (Å²) in [4.78, 5) is 22.0. The molecule has 3 aromatic rings. The molecule has 4 rings (SSSR count). The molecule has 176 valence electrons. The van der Waals surface area contributed by atoms with E-state index in [0.29, 0.717) is 30.3 Å². The molecular formula is C25H31N3O3S2. The molecule has 1 aromatic heterocycles. The Kier molecular flexibility index (Phi) is 7.05. The minimum absolute atomic E-state index is 0.00828. The number of hydrogen-bond donors (Lipinski definition) is 0. The fourth-order valence-corrected chi connectivity index (χ4v) is 6.50. The molecule has 1 aliphatic rings. The summed E-state index contributed by atoms with van der Waals surface area (Å²) in [5.41, 5.74) is 3.37. The average Bonchev–Trinajstić information content (AvgIpc) is 3.23. The van der Waals surface area contributed by atoms with Crippen molar-refractivity contribution in [3.05, 3.63) is 53.6 Å². The quantitative estimate of drug-likeness (QED) is 0.488. The molecule has 2 heterocycles. The molecule has 0 saturated carbocycles. The van der Waals surface area contributed by atoms with Gasteiger partial charge in [-0.3, -0.25) is 4.79 Å². The van der Waals surface area contributed by atoms with Gasteiger partial charge in [-0.15, -0.1) is 0 Å². The predicted molar refractivity (Wildman–Crippen MR) is 135 cm³/mol. The van der Waals surface area contributed by atoms with Gasteiger partial charge in [-0.1, -0.05) is 55.0 Å². The highest BCUT2D eigenvalue weighted by Gasteiger charge is 2.24. The van der Waals surface area contributed by atoms with Crippen LogP contribution in [0.4, 0.5) is 5.13 Å². The molecule has 0 spiro atoms. The summed E-state index contributed by atoms with van der Waals surface area (Å²) >= 11 is 1.71. The van der Waals surface area contributed by atoms with E-state index in [0.717, 1.165) is 29.3 Å². The minimum atomic E-state index is -3.36. The zero-order chi connectivity index (χ0) is 23.6. The SMILES string of the molecule is Cc1ccc(S(=O)(=O)CCCC(=O)N2CCN(c3nc4c(C(C)C)cccc4s3)CC2)cc1. The van der Waals surface area contributed by atoms with Crippen molar-refractivity contribution in [2.24, 2.45) is 0 Å². The number of carbonyl (C=O) groups is 1. The van der Waals surface area contributed by atoms with Crippen LogP contribution in [0.25, 0.3) is 10.2 Å². The van der Waals surface area contributed by atoms with E-state index in [1.54, 1.807) is 35.6 Å². The second-order valence-electron chi connectivity index (χ2n) is 8.95. The van der Waals surface area contributed by atoms with Crippen LogP contribution in [0.3, 0.4) is 0 Å². The maximum absolute atomic E-state index is 12.7. The summed E-state index contributed by atoms with van der Waals surface area (Å²) < 4.78 is 26.2. The molecular weight excluding hydrogens is 454 g/mol. The van der Waals surface area contributed by atoms with Gasteiger partial charge in [0.05, 0.1) is 20.9 Å². The van der Waals surface area contributed by atoms with Crippen LogP contribution in [0, 0.1) is 6.92 Å². The van der Waals surface area contributed by atoms with Crippen molar-refractivity contribution in [3.63, 3.8) is 0 Å². The zero-order valence-corrected chi connectivity index (χ0v) is 21.1. The lowest BCUT2D eigenvalue weighted by molar-refractivity contribution is -0.131. The van der Waals surface area contributed by atoms with Crippen molar-refractivity contribution in [1.82, 2.24) is 9.88 Å². The number of rotatable bonds is 7. The van der Waals surface area contributed by atoms with Crippen molar-refractivity contribution < 1.29 is 13.2 Å². The first-order chi connectivity index (χ1) is 15.7. The van der Waals surface area contributed by atoms with Gasteiger partial charge in [0.2, 0.25) is 5.91 Å². The largest absolute Gasteiger partial charge is 0.345 e. The van der Waals surface area contributed by atoms with Gasteiger partial charge < -0.3 is 9.80 Å². The highest BCUT2D eigenvalue weighted by atomic mass is 32.2. The molecule has 1 aliphatic heterocycles. The van der Waals surface area contributed by atoms with Gasteiger partial charge >= 0.3 is 0 Å². The van der Waals surface area contributed by atoms with Crippen molar-refractivity contribution in [2.75, 3.05) is 36.8 Å². The number of aryl methyl sites for hydroxylation is 1. The van der Waals surface area contributed by atoms with Crippen LogP contribution >= 0.6 is 11.3 Å². The summed E-state index contributed by atoms with van der Waals surface area (Å²) in [5.74, 6) is 0.444. The molecule has 2 aromatic carbocycles. The van der Waals surface area contributed by atoms with E-state index in [2.05, 4.69) is 36.9 Å². The second kappa shape index (κ2) is 9.81. The highest BCUT2D eigenvalue weighted by molar-refractivity contribution is 7.91. The average molecular weight is 486 g/mol. The van der Waals surface area contributed by atoms with Gasteiger partial charge in [-0.05, 0) is 43.0 Å². The van der Waals surface area contributed by atoms with Gasteiger partial charge in [0, 0.05) is 32.6 Å². The van der Waals surface area contributed by atoms with E-state index in [4.69, 9.17) is 4.98 Å². The maximum Gasteiger partial charge on any atom is 0.222 e. The van der Waals surface area contributed by atoms with Gasteiger partial charge in [0.1, 0.15) is 0 Å². The first kappa shape index (κ1) is 23.7. The fraction of sp³-hybridized carbons (Fsp3) is 0.440. The number of amides is 1. The number of aromatic nitrogens is 1. The normalized spacial score (nSPS) is 14.9. The monoisotopic (exact) mass is 485 g/mol. The van der Waals surface area contributed by atoms with Gasteiger partial charge in [-0.25, -0.2) is 13.4 Å². The van der Waals surface area contributed by atoms with E-state index < -0.39 is 9.84 Å². The molecule has 0 radical (unpaired) electrons. The molecule has 1 amide bonds. The Balaban J connectivity index is 1.30. The smallest absolute Gasteiger partial charge is 0.222 e. The minimum Gasteiger partial charge on any atom is -0.345 e. The van der Waals surface area contributed by atoms with E-state index in [-0.39, 0.29) is 18.1 Å². The number of benzene rings is 2. The number of thiazole rings is 1. The topological polar surface area (TPSA) is 70.6 Å². The second-order valence-corrected chi connectivity index (χ2v) is 12.1. The standard InChI is InChI=1S/C25H31N3O3S2/c1-18(2)21-6-4-7-22-24(21)26-25(32-22)28-15-13-27(14-16-28)23(29)8-5-17-33(30,31)20-11-9-19(3)10-12-20/h4,6-7,9-12,18H,5,8,13-17H2,1-3H3. The molecule has 0 aliphatic carbocycles. The van der Waals surface area contributed by atoms with Crippen LogP contribution in [-0.2, 0) is 14.6 Å². The summed E-state index contributed by atoms with van der Waals surface area (Å²) in [6, 6.07) is 13.2. The lowest BCUT2D eigenvalue weighted by Gasteiger charge is -2.34. The van der Waals surface area contributed by atoms with Crippen LogP contribution in [0.15, 0.2) is 47.4 Å². The molecule has 0 N–H and O–H groups in total. The number of carbonyl (C=O) groups excluding carboxylic acids is 1. The summed E-state index contributed by atoms with van der Waals surface area (Å²) in [6.07, 6.45) is 0.592. The third kappa shape index (κ3) is 5.38. The predicted octanol–water partition coefficient (Wildman–Crippen LogP) is 4.63. The molecule has 1 fully saturated rings. The molecule has 33 heavy (non-hydrogen) atoms. The lowest BCUT2D eigenvalue weighted by Crippen LogP contribution is -2.48. The number of sulfone groups is 1. The molecule has 0 unspecified atom stereocenters. The maximum atomic E-state index is 12.7. The van der Waals surface area contributed by atoms with E-state index in [1.807, 2.05) is 11.8 Å². The van der Waals surface area contributed by atoms with Crippen molar-refractivity contribution in [3.8, 4) is 0 Å². The fourth-order valence-electron chi connectivity index (χ4n) is 4.14. The zero-order valence-electron chi connectivity index (χ0n) is 19.5. The number of para-hydroxylation sites is 1. The third-order valence-electron chi connectivity index (χ3n) is 6.15. The third-order valence-corrected chi connectivity index (χ3v) is 9.05. The molecule has 0 bridgehead atoms. The van der Waals surface area contributed by atoms with E-state index >= 15 is 0 Å². The first-order valence-corrected chi connectivity index (χ1v) is 13.9. The summed E-state index contributed by atoms with van der Waals surface area (Å²) in [7, 11) is -3.36. The highest BCUT2D eigenvalue weighted by Crippen LogP contribution is 2.33. The molecule has 8 heteroatoms.